The van der Waals surface area contributed by atoms with Gasteiger partial charge in [-0.05, 0) is 25.1 Å². The summed E-state index contributed by atoms with van der Waals surface area (Å²) in [5.41, 5.74) is 1.42. The predicted molar refractivity (Wildman–Crippen MR) is 77.0 cm³/mol. The van der Waals surface area contributed by atoms with Crippen LogP contribution in [0.3, 0.4) is 0 Å². The normalized spacial score (nSPS) is 17.6. The van der Waals surface area contributed by atoms with E-state index in [1.807, 2.05) is 6.92 Å². The SMILES string of the molecule is Cc1ccc(S(=O)(=O)ON2C(=O)c3ccccc3C2O)cc1. The third-order valence-corrected chi connectivity index (χ3v) is 4.59. The molecule has 0 bridgehead atoms. The smallest absolute Gasteiger partial charge is 0.317 e. The van der Waals surface area contributed by atoms with Gasteiger partial charge in [-0.1, -0.05) is 35.9 Å². The van der Waals surface area contributed by atoms with Crippen LogP contribution in [0.25, 0.3) is 0 Å². The summed E-state index contributed by atoms with van der Waals surface area (Å²) < 4.78 is 29.3. The second-order valence-electron chi connectivity index (χ2n) is 4.93. The fourth-order valence-corrected chi connectivity index (χ4v) is 3.12. The molecule has 22 heavy (non-hydrogen) atoms. The minimum atomic E-state index is -4.20. The van der Waals surface area contributed by atoms with E-state index in [0.29, 0.717) is 10.6 Å². The Kier molecular flexibility index (Phi) is 3.48. The Hall–Kier alpha value is -2.22. The summed E-state index contributed by atoms with van der Waals surface area (Å²) in [4.78, 5) is 12.1. The number of amides is 1. The molecule has 0 aromatic heterocycles. The van der Waals surface area contributed by atoms with Crippen molar-refractivity contribution in [2.45, 2.75) is 18.0 Å². The van der Waals surface area contributed by atoms with E-state index in [4.69, 9.17) is 4.28 Å². The topological polar surface area (TPSA) is 83.9 Å². The number of hydrogen-bond acceptors (Lipinski definition) is 5. The number of benzene rings is 2. The Morgan fingerprint density at radius 1 is 1.09 bits per heavy atom. The van der Waals surface area contributed by atoms with Gasteiger partial charge in [0, 0.05) is 11.1 Å². The number of aryl methyl sites for hydroxylation is 1. The van der Waals surface area contributed by atoms with Crippen LogP contribution in [-0.2, 0) is 14.4 Å². The van der Waals surface area contributed by atoms with Crippen LogP contribution in [0.4, 0.5) is 0 Å². The first kappa shape index (κ1) is 14.7. The zero-order valence-electron chi connectivity index (χ0n) is 11.6. The Bertz CT molecular complexity index is 829. The molecule has 7 heteroatoms. The zero-order valence-corrected chi connectivity index (χ0v) is 12.4. The number of carbonyl (C=O) groups excluding carboxylic acids is 1. The Morgan fingerprint density at radius 2 is 1.73 bits per heavy atom. The summed E-state index contributed by atoms with van der Waals surface area (Å²) in [5, 5.41) is 10.6. The minimum absolute atomic E-state index is 0.0888. The summed E-state index contributed by atoms with van der Waals surface area (Å²) in [6.07, 6.45) is -1.45. The number of carbonyl (C=O) groups is 1. The number of nitrogens with zero attached hydrogens (tertiary/aromatic N) is 1. The number of aliphatic hydroxyl groups is 1. The molecule has 1 aliphatic heterocycles. The highest BCUT2D eigenvalue weighted by Crippen LogP contribution is 2.33. The molecule has 1 atom stereocenters. The highest BCUT2D eigenvalue weighted by molar-refractivity contribution is 7.86. The van der Waals surface area contributed by atoms with E-state index in [1.54, 1.807) is 30.3 Å². The van der Waals surface area contributed by atoms with Crippen LogP contribution in [0.2, 0.25) is 0 Å². The number of fused-ring (bicyclic) bond motifs is 1. The molecule has 0 fully saturated rings. The molecule has 0 saturated heterocycles. The van der Waals surface area contributed by atoms with Gasteiger partial charge in [0.05, 0.1) is 4.90 Å². The van der Waals surface area contributed by atoms with E-state index in [1.165, 1.54) is 18.2 Å². The maximum absolute atomic E-state index is 12.2. The molecule has 6 nitrogen and oxygen atoms in total. The van der Waals surface area contributed by atoms with E-state index in [2.05, 4.69) is 0 Å². The van der Waals surface area contributed by atoms with Gasteiger partial charge in [-0.15, -0.1) is 4.28 Å². The average molecular weight is 319 g/mol. The van der Waals surface area contributed by atoms with E-state index in [-0.39, 0.29) is 10.5 Å². The fourth-order valence-electron chi connectivity index (χ4n) is 2.20. The molecule has 1 amide bonds. The van der Waals surface area contributed by atoms with Crippen molar-refractivity contribution >= 4 is 16.0 Å². The summed E-state index contributed by atoms with van der Waals surface area (Å²) in [6, 6.07) is 12.3. The van der Waals surface area contributed by atoms with Gasteiger partial charge in [0.25, 0.3) is 5.91 Å². The van der Waals surface area contributed by atoms with E-state index in [9.17, 15) is 18.3 Å². The Morgan fingerprint density at radius 3 is 2.36 bits per heavy atom. The van der Waals surface area contributed by atoms with E-state index >= 15 is 0 Å². The third-order valence-electron chi connectivity index (χ3n) is 3.38. The maximum Gasteiger partial charge on any atom is 0.317 e. The summed E-state index contributed by atoms with van der Waals surface area (Å²) in [7, 11) is -4.20. The molecular formula is C15H13NO5S. The number of hydrogen-bond donors (Lipinski definition) is 1. The number of aliphatic hydroxyl groups excluding tert-OH is 1. The molecule has 1 unspecified atom stereocenters. The molecular weight excluding hydrogens is 306 g/mol. The standard InChI is InChI=1S/C15H13NO5S/c1-10-6-8-11(9-7-10)22(19,20)21-16-14(17)12-4-2-3-5-13(12)15(16)18/h2-9,14,17H,1H3. The lowest BCUT2D eigenvalue weighted by molar-refractivity contribution is -0.125. The van der Waals surface area contributed by atoms with E-state index < -0.39 is 22.3 Å². The highest BCUT2D eigenvalue weighted by atomic mass is 32.2. The quantitative estimate of drug-likeness (QED) is 0.932. The molecule has 114 valence electrons. The largest absolute Gasteiger partial charge is 0.367 e. The van der Waals surface area contributed by atoms with Crippen molar-refractivity contribution in [3.63, 3.8) is 0 Å². The molecule has 2 aromatic carbocycles. The molecule has 1 aliphatic rings. The van der Waals surface area contributed by atoms with Crippen LogP contribution in [0.5, 0.6) is 0 Å². The van der Waals surface area contributed by atoms with Gasteiger partial charge >= 0.3 is 10.1 Å². The number of hydroxylamine groups is 2. The van der Waals surface area contributed by atoms with Crippen LogP contribution in [-0.4, -0.2) is 24.5 Å². The molecule has 1 N–H and O–H groups in total. The molecule has 0 aliphatic carbocycles. The van der Waals surface area contributed by atoms with Crippen LogP contribution in [0, 0.1) is 6.92 Å². The minimum Gasteiger partial charge on any atom is -0.367 e. The third kappa shape index (κ3) is 2.39. The molecule has 3 rings (SSSR count). The summed E-state index contributed by atoms with van der Waals surface area (Å²) in [5.74, 6) is -0.696. The lowest BCUT2D eigenvalue weighted by atomic mass is 10.1. The van der Waals surface area contributed by atoms with Crippen LogP contribution in [0.15, 0.2) is 53.4 Å². The monoisotopic (exact) mass is 319 g/mol. The first-order valence-electron chi connectivity index (χ1n) is 6.52. The summed E-state index contributed by atoms with van der Waals surface area (Å²) >= 11 is 0. The first-order chi connectivity index (χ1) is 10.4. The number of rotatable bonds is 3. The molecule has 0 spiro atoms. The van der Waals surface area contributed by atoms with Crippen molar-refractivity contribution in [1.29, 1.82) is 0 Å². The van der Waals surface area contributed by atoms with Gasteiger partial charge in [-0.2, -0.15) is 13.5 Å². The Labute approximate surface area is 127 Å². The molecule has 1 heterocycles. The van der Waals surface area contributed by atoms with Crippen molar-refractivity contribution in [2.75, 3.05) is 0 Å². The van der Waals surface area contributed by atoms with Gasteiger partial charge in [-0.25, -0.2) is 0 Å². The summed E-state index contributed by atoms with van der Waals surface area (Å²) in [6.45, 7) is 1.82. The van der Waals surface area contributed by atoms with Crippen molar-refractivity contribution in [3.8, 4) is 0 Å². The van der Waals surface area contributed by atoms with Gasteiger partial charge in [-0.3, -0.25) is 4.79 Å². The maximum atomic E-state index is 12.2. The van der Waals surface area contributed by atoms with Crippen molar-refractivity contribution in [1.82, 2.24) is 5.06 Å². The lowest BCUT2D eigenvalue weighted by Gasteiger charge is -2.19. The molecule has 0 saturated carbocycles. The van der Waals surface area contributed by atoms with Crippen LogP contribution >= 0.6 is 0 Å². The lowest BCUT2D eigenvalue weighted by Crippen LogP contribution is -2.31. The van der Waals surface area contributed by atoms with Crippen molar-refractivity contribution < 1.29 is 22.6 Å². The van der Waals surface area contributed by atoms with Crippen molar-refractivity contribution in [2.24, 2.45) is 0 Å². The van der Waals surface area contributed by atoms with Gasteiger partial charge in [0.15, 0.2) is 6.23 Å². The van der Waals surface area contributed by atoms with Crippen LogP contribution in [0.1, 0.15) is 27.7 Å². The van der Waals surface area contributed by atoms with Crippen molar-refractivity contribution in [3.05, 3.63) is 65.2 Å². The van der Waals surface area contributed by atoms with Gasteiger partial charge < -0.3 is 5.11 Å². The predicted octanol–water partition coefficient (Wildman–Crippen LogP) is 1.76. The van der Waals surface area contributed by atoms with E-state index in [0.717, 1.165) is 5.56 Å². The Balaban J connectivity index is 1.91. The average Bonchev–Trinajstić information content (AvgIpc) is 2.73. The first-order valence-corrected chi connectivity index (χ1v) is 7.93. The van der Waals surface area contributed by atoms with Gasteiger partial charge in [0.2, 0.25) is 0 Å². The second kappa shape index (κ2) is 5.20. The highest BCUT2D eigenvalue weighted by Gasteiger charge is 2.39. The van der Waals surface area contributed by atoms with Crippen LogP contribution < -0.4 is 0 Å². The molecule has 0 radical (unpaired) electrons. The zero-order chi connectivity index (χ0) is 15.9. The molecule has 2 aromatic rings. The van der Waals surface area contributed by atoms with Gasteiger partial charge in [0.1, 0.15) is 0 Å². The second-order valence-corrected chi connectivity index (χ2v) is 6.46. The fraction of sp³-hybridized carbons (Fsp3) is 0.133.